The van der Waals surface area contributed by atoms with Crippen molar-refractivity contribution in [2.75, 3.05) is 0 Å². The van der Waals surface area contributed by atoms with E-state index in [9.17, 15) is 4.79 Å². The molecule has 0 fully saturated rings. The van der Waals surface area contributed by atoms with E-state index >= 15 is 0 Å². The van der Waals surface area contributed by atoms with E-state index in [-0.39, 0.29) is 32.6 Å². The van der Waals surface area contributed by atoms with Gasteiger partial charge in [-0.25, -0.2) is 0 Å². The summed E-state index contributed by atoms with van der Waals surface area (Å²) in [5.41, 5.74) is 2.24. The number of carbonyl (C=O) groups excluding carboxylic acids is 1. The van der Waals surface area contributed by atoms with Gasteiger partial charge in [-0.2, -0.15) is 0 Å². The van der Waals surface area contributed by atoms with Crippen LogP contribution in [0.3, 0.4) is 0 Å². The van der Waals surface area contributed by atoms with E-state index in [2.05, 4.69) is 115 Å². The first kappa shape index (κ1) is 28.4. The van der Waals surface area contributed by atoms with Crippen LogP contribution in [0.1, 0.15) is 13.8 Å². The minimum atomic E-state index is -2.65. The number of fused-ring (bicyclic) bond motifs is 5. The molecule has 0 spiro atoms. The third kappa shape index (κ3) is 4.88. The van der Waals surface area contributed by atoms with Crippen molar-refractivity contribution in [2.45, 2.75) is 13.8 Å². The molecule has 7 rings (SSSR count). The molecule has 0 unspecified atom stereocenters. The molecule has 6 aromatic rings. The average Bonchev–Trinajstić information content (AvgIpc) is 3.27. The standard InChI is InChI=1S/C31H20NSi.C5H8O2.Pt/c1-3-14-24-22(10-1)12-7-18-27(24)33(28-19-8-13-23-11-2-4-15-25(23)28)29-17-6-5-16-26(29)31-30(33)20-9-21-32-31;1-4(6)3-5(2)7;/h1-15,17-21H;3,6H,1-2H3;/q-1;;/b;4-3-;. The molecule has 1 aliphatic rings. The van der Waals surface area contributed by atoms with Crippen molar-refractivity contribution in [3.05, 3.63) is 139 Å². The number of hydrogen-bond acceptors (Lipinski definition) is 3. The molecule has 2 heterocycles. The molecular weight excluding hydrogens is 702 g/mol. The molecule has 1 aromatic heterocycles. The van der Waals surface area contributed by atoms with E-state index in [4.69, 9.17) is 10.1 Å². The van der Waals surface area contributed by atoms with Crippen molar-refractivity contribution >= 4 is 56.1 Å². The molecule has 41 heavy (non-hydrogen) atoms. The molecule has 0 radical (unpaired) electrons. The summed E-state index contributed by atoms with van der Waals surface area (Å²) in [4.78, 5) is 14.9. The monoisotopic (exact) mass is 729 g/mol. The zero-order valence-electron chi connectivity index (χ0n) is 22.7. The Labute approximate surface area is 255 Å². The van der Waals surface area contributed by atoms with Gasteiger partial charge in [0.1, 0.15) is 8.07 Å². The third-order valence-corrected chi connectivity index (χ3v) is 12.4. The van der Waals surface area contributed by atoms with Gasteiger partial charge in [-0.1, -0.05) is 96.2 Å². The van der Waals surface area contributed by atoms with Crippen molar-refractivity contribution in [3.8, 4) is 11.3 Å². The fourth-order valence-corrected chi connectivity index (χ4v) is 11.6. The second-order valence-corrected chi connectivity index (χ2v) is 13.7. The van der Waals surface area contributed by atoms with E-state index in [0.717, 1.165) is 11.3 Å². The smallest absolute Gasteiger partial charge is 0.155 e. The van der Waals surface area contributed by atoms with Gasteiger partial charge in [-0.15, -0.1) is 35.0 Å². The summed E-state index contributed by atoms with van der Waals surface area (Å²) in [6, 6.07) is 45.7. The Morgan fingerprint density at radius 3 is 1.80 bits per heavy atom. The van der Waals surface area contributed by atoms with Crippen LogP contribution in [0, 0.1) is 6.07 Å². The Hall–Kier alpha value is -4.11. The van der Waals surface area contributed by atoms with Crippen LogP contribution in [-0.4, -0.2) is 23.9 Å². The summed E-state index contributed by atoms with van der Waals surface area (Å²) in [5.74, 6) is -0.0625. The van der Waals surface area contributed by atoms with Crippen LogP contribution in [0.15, 0.2) is 133 Å². The van der Waals surface area contributed by atoms with Crippen LogP contribution in [0.25, 0.3) is 32.8 Å². The molecule has 0 amide bonds. The van der Waals surface area contributed by atoms with Crippen LogP contribution in [-0.2, 0) is 25.9 Å². The van der Waals surface area contributed by atoms with Crippen LogP contribution in [0.2, 0.25) is 0 Å². The topological polar surface area (TPSA) is 50.2 Å². The number of pyridine rings is 1. The second kappa shape index (κ2) is 11.8. The number of ketones is 1. The van der Waals surface area contributed by atoms with Gasteiger partial charge in [0.2, 0.25) is 0 Å². The number of nitrogens with zero attached hydrogens (tertiary/aromatic N) is 1. The summed E-state index contributed by atoms with van der Waals surface area (Å²) in [6.07, 6.45) is 3.08. The predicted octanol–water partition coefficient (Wildman–Crippen LogP) is 5.58. The number of allylic oxidation sites excluding steroid dienone is 2. The Morgan fingerprint density at radius 2 is 1.24 bits per heavy atom. The second-order valence-electron chi connectivity index (χ2n) is 10.1. The normalized spacial score (nSPS) is 13.0. The molecule has 0 saturated heterocycles. The van der Waals surface area contributed by atoms with E-state index in [1.54, 1.807) is 0 Å². The van der Waals surface area contributed by atoms with Gasteiger partial charge >= 0.3 is 0 Å². The van der Waals surface area contributed by atoms with Gasteiger partial charge < -0.3 is 10.1 Å². The first-order valence-corrected chi connectivity index (χ1v) is 15.3. The molecule has 3 nitrogen and oxygen atoms in total. The molecule has 0 saturated carbocycles. The number of carbonyl (C=O) groups is 1. The van der Waals surface area contributed by atoms with Crippen LogP contribution in [0.4, 0.5) is 0 Å². The van der Waals surface area contributed by atoms with E-state index in [1.165, 1.54) is 62.2 Å². The zero-order chi connectivity index (χ0) is 27.7. The van der Waals surface area contributed by atoms with Crippen molar-refractivity contribution in [2.24, 2.45) is 0 Å². The molecule has 1 aliphatic heterocycles. The summed E-state index contributed by atoms with van der Waals surface area (Å²) in [7, 11) is -2.65. The van der Waals surface area contributed by atoms with Gasteiger partial charge in [0.25, 0.3) is 0 Å². The minimum Gasteiger partial charge on any atom is -0.512 e. The fraction of sp³-hybridized carbons (Fsp3) is 0.0556. The third-order valence-electron chi connectivity index (χ3n) is 7.51. The summed E-state index contributed by atoms with van der Waals surface area (Å²) < 4.78 is 0. The number of benzene rings is 5. The van der Waals surface area contributed by atoms with Gasteiger partial charge in [0.05, 0.1) is 5.76 Å². The number of aromatic nitrogens is 1. The largest absolute Gasteiger partial charge is 0.512 e. The van der Waals surface area contributed by atoms with Crippen LogP contribution in [0.5, 0.6) is 0 Å². The molecule has 0 aliphatic carbocycles. The summed E-state index contributed by atoms with van der Waals surface area (Å²) >= 11 is 0. The van der Waals surface area contributed by atoms with Crippen molar-refractivity contribution in [1.82, 2.24) is 4.98 Å². The molecule has 204 valence electrons. The first-order valence-electron chi connectivity index (χ1n) is 13.3. The number of hydrogen-bond donors (Lipinski definition) is 1. The zero-order valence-corrected chi connectivity index (χ0v) is 26.0. The Balaban J connectivity index is 0.000000379. The van der Waals surface area contributed by atoms with Crippen LogP contribution >= 0.6 is 0 Å². The summed E-state index contributed by atoms with van der Waals surface area (Å²) in [5, 5.41) is 19.1. The van der Waals surface area contributed by atoms with E-state index in [0.29, 0.717) is 0 Å². The predicted molar refractivity (Wildman–Crippen MR) is 168 cm³/mol. The first-order chi connectivity index (χ1) is 19.5. The minimum absolute atomic E-state index is 0. The van der Waals surface area contributed by atoms with Crippen molar-refractivity contribution in [3.63, 3.8) is 0 Å². The van der Waals surface area contributed by atoms with Crippen molar-refractivity contribution in [1.29, 1.82) is 0 Å². The maximum Gasteiger partial charge on any atom is 0.155 e. The van der Waals surface area contributed by atoms with Gasteiger partial charge in [0, 0.05) is 33.3 Å². The molecule has 0 atom stereocenters. The Kier molecular flexibility index (Phi) is 8.16. The summed E-state index contributed by atoms with van der Waals surface area (Å²) in [6.45, 7) is 2.85. The fourth-order valence-electron chi connectivity index (χ4n) is 6.12. The SMILES string of the molecule is CC(=O)/C=C(/C)O.[Pt].[c-]1cccc2c1-c1ncccc1[Si]2(c1cccc2ccccc12)c1cccc2ccccc12. The average molecular weight is 730 g/mol. The molecular formula is C36H28NO2PtSi-. The maximum atomic E-state index is 10.0. The number of aliphatic hydroxyl groups excluding tert-OH is 1. The van der Waals surface area contributed by atoms with Gasteiger partial charge in [-0.3, -0.25) is 4.79 Å². The molecule has 5 aromatic carbocycles. The van der Waals surface area contributed by atoms with Gasteiger partial charge in [0.15, 0.2) is 5.78 Å². The Bertz CT molecular complexity index is 1790. The van der Waals surface area contributed by atoms with Crippen LogP contribution < -0.4 is 20.7 Å². The Morgan fingerprint density at radius 1 is 0.707 bits per heavy atom. The molecule has 0 bridgehead atoms. The maximum absolute atomic E-state index is 10.0. The van der Waals surface area contributed by atoms with Gasteiger partial charge in [-0.05, 0) is 57.5 Å². The number of rotatable bonds is 3. The quantitative estimate of drug-likeness (QED) is 0.112. The van der Waals surface area contributed by atoms with E-state index in [1.807, 2.05) is 12.3 Å². The molecule has 1 N–H and O–H groups in total. The van der Waals surface area contributed by atoms with Crippen molar-refractivity contribution < 1.29 is 31.0 Å². The number of aliphatic hydroxyl groups is 1. The molecule has 5 heteroatoms. The van der Waals surface area contributed by atoms with E-state index < -0.39 is 8.07 Å².